The number of hydrogen-bond acceptors (Lipinski definition) is 7. The minimum Gasteiger partial charge on any atom is -0.462 e. The van der Waals surface area contributed by atoms with E-state index in [1.807, 2.05) is 12.2 Å². The topological polar surface area (TPSA) is 140 Å². The Morgan fingerprint density at radius 1 is 0.683 bits per heavy atom. The summed E-state index contributed by atoms with van der Waals surface area (Å²) in [6.07, 6.45) is 29.1. The van der Waals surface area contributed by atoms with E-state index in [-0.39, 0.29) is 26.1 Å². The van der Waals surface area contributed by atoms with Crippen LogP contribution in [0.25, 0.3) is 0 Å². The maximum atomic E-state index is 12.1. The fourth-order valence-corrected chi connectivity index (χ4v) is 4.00. The van der Waals surface area contributed by atoms with Crippen LogP contribution in [0, 0.1) is 0 Å². The molecule has 236 valence electrons. The van der Waals surface area contributed by atoms with Crippen molar-refractivity contribution >= 4 is 19.8 Å². The summed E-state index contributed by atoms with van der Waals surface area (Å²) in [5, 5.41) is 8.74. The number of aliphatic hydroxyl groups excluding tert-OH is 1. The van der Waals surface area contributed by atoms with Crippen molar-refractivity contribution in [1.82, 2.24) is 0 Å². The Hall–Kier alpha value is -2.03. The highest BCUT2D eigenvalue weighted by molar-refractivity contribution is 7.46. The van der Waals surface area contributed by atoms with Gasteiger partial charge in [0.2, 0.25) is 0 Å². The molecule has 0 unspecified atom stereocenters. The summed E-state index contributed by atoms with van der Waals surface area (Å²) >= 11 is 0. The molecule has 0 saturated carbocycles. The number of ether oxygens (including phenoxy) is 2. The van der Waals surface area contributed by atoms with Crippen LogP contribution in [-0.2, 0) is 28.2 Å². The molecule has 0 bridgehead atoms. The number of aliphatic hydroxyl groups is 1. The first-order chi connectivity index (χ1) is 19.8. The molecule has 1 atom stereocenters. The Kier molecular flexibility index (Phi) is 26.7. The molecule has 0 amide bonds. The monoisotopic (exact) mass is 600 g/mol. The van der Waals surface area contributed by atoms with E-state index in [1.165, 1.54) is 0 Å². The summed E-state index contributed by atoms with van der Waals surface area (Å²) < 4.78 is 25.9. The van der Waals surface area contributed by atoms with Gasteiger partial charge in [-0.15, -0.1) is 0 Å². The number of allylic oxidation sites excluding steroid dienone is 8. The first kappa shape index (κ1) is 39.0. The molecule has 0 aliphatic rings. The van der Waals surface area contributed by atoms with Crippen LogP contribution in [0.4, 0.5) is 0 Å². The maximum absolute atomic E-state index is 12.1. The smallest absolute Gasteiger partial charge is 0.462 e. The maximum Gasteiger partial charge on any atom is 0.469 e. The van der Waals surface area contributed by atoms with Gasteiger partial charge in [0.15, 0.2) is 6.10 Å². The van der Waals surface area contributed by atoms with Gasteiger partial charge in [-0.1, -0.05) is 87.6 Å². The normalized spacial score (nSPS) is 13.2. The van der Waals surface area contributed by atoms with Gasteiger partial charge in [-0.2, -0.15) is 0 Å². The van der Waals surface area contributed by atoms with Crippen molar-refractivity contribution in [2.75, 3.05) is 19.8 Å². The van der Waals surface area contributed by atoms with Crippen molar-refractivity contribution in [1.29, 1.82) is 0 Å². The molecule has 0 radical (unpaired) electrons. The van der Waals surface area contributed by atoms with Crippen LogP contribution in [0.3, 0.4) is 0 Å². The van der Waals surface area contributed by atoms with Crippen molar-refractivity contribution in [2.45, 2.75) is 116 Å². The second-order valence-electron chi connectivity index (χ2n) is 9.80. The van der Waals surface area contributed by atoms with E-state index < -0.39 is 32.5 Å². The average molecular weight is 601 g/mol. The van der Waals surface area contributed by atoms with Gasteiger partial charge >= 0.3 is 19.8 Å². The van der Waals surface area contributed by atoms with E-state index >= 15 is 0 Å². The predicted molar refractivity (Wildman–Crippen MR) is 162 cm³/mol. The summed E-state index contributed by atoms with van der Waals surface area (Å²) in [4.78, 5) is 42.0. The summed E-state index contributed by atoms with van der Waals surface area (Å²) in [6, 6.07) is 0. The number of rotatable bonds is 27. The molecule has 0 aromatic heterocycles. The Morgan fingerprint density at radius 2 is 1.22 bits per heavy atom. The molecular weight excluding hydrogens is 547 g/mol. The minimum absolute atomic E-state index is 0.180. The molecule has 10 heteroatoms. The lowest BCUT2D eigenvalue weighted by atomic mass is 10.1. The number of unbranched alkanes of at least 4 members (excludes halogenated alkanes) is 8. The molecule has 0 fully saturated rings. The molecule has 0 heterocycles. The SMILES string of the molecule is CCCCCCCC(=O)O[C@H](COC(=O)CCC/C=C\C/C=C\C/C=C\C/C=C\CCCCCO)COP(=O)(O)O. The van der Waals surface area contributed by atoms with Gasteiger partial charge in [0.1, 0.15) is 6.61 Å². The van der Waals surface area contributed by atoms with Crippen LogP contribution >= 0.6 is 7.82 Å². The Labute approximate surface area is 247 Å². The first-order valence-electron chi connectivity index (χ1n) is 15.0. The van der Waals surface area contributed by atoms with Gasteiger partial charge in [-0.3, -0.25) is 14.1 Å². The molecule has 0 aromatic carbocycles. The van der Waals surface area contributed by atoms with Crippen molar-refractivity contribution in [3.05, 3.63) is 48.6 Å². The molecule has 0 spiro atoms. The number of carbonyl (C=O) groups is 2. The summed E-state index contributed by atoms with van der Waals surface area (Å²) in [6.45, 7) is 1.50. The van der Waals surface area contributed by atoms with Crippen molar-refractivity contribution in [3.8, 4) is 0 Å². The molecule has 0 saturated heterocycles. The van der Waals surface area contributed by atoms with Crippen LogP contribution in [0.15, 0.2) is 48.6 Å². The summed E-state index contributed by atoms with van der Waals surface area (Å²) in [7, 11) is -4.75. The zero-order valence-corrected chi connectivity index (χ0v) is 25.8. The lowest BCUT2D eigenvalue weighted by molar-refractivity contribution is -0.161. The number of phosphoric ester groups is 1. The third kappa shape index (κ3) is 30.8. The number of carbonyl (C=O) groups excluding carboxylic acids is 2. The zero-order valence-electron chi connectivity index (χ0n) is 24.9. The van der Waals surface area contributed by atoms with Crippen molar-refractivity contribution in [2.24, 2.45) is 0 Å². The minimum atomic E-state index is -4.75. The molecular formula is C31H53O9P. The molecule has 41 heavy (non-hydrogen) atoms. The Bertz CT molecular complexity index is 814. The van der Waals surface area contributed by atoms with Crippen molar-refractivity contribution in [3.63, 3.8) is 0 Å². The highest BCUT2D eigenvalue weighted by Gasteiger charge is 2.22. The van der Waals surface area contributed by atoms with E-state index in [9.17, 15) is 14.2 Å². The third-order valence-corrected chi connectivity index (χ3v) is 6.39. The third-order valence-electron chi connectivity index (χ3n) is 5.91. The predicted octanol–water partition coefficient (Wildman–Crippen LogP) is 7.03. The highest BCUT2D eigenvalue weighted by atomic mass is 31.2. The summed E-state index contributed by atoms with van der Waals surface area (Å²) in [5.41, 5.74) is 0. The number of hydrogen-bond donors (Lipinski definition) is 3. The zero-order chi connectivity index (χ0) is 30.4. The second kappa shape index (κ2) is 28.1. The molecule has 9 nitrogen and oxygen atoms in total. The number of esters is 2. The molecule has 0 aliphatic carbocycles. The van der Waals surface area contributed by atoms with E-state index in [0.29, 0.717) is 19.3 Å². The molecule has 0 aromatic rings. The van der Waals surface area contributed by atoms with Gasteiger partial charge in [-0.05, 0) is 57.8 Å². The quantitative estimate of drug-likeness (QED) is 0.0392. The molecule has 0 aliphatic heterocycles. The van der Waals surface area contributed by atoms with Gasteiger partial charge in [0.05, 0.1) is 6.61 Å². The fraction of sp³-hybridized carbons (Fsp3) is 0.677. The van der Waals surface area contributed by atoms with E-state index in [1.54, 1.807) is 0 Å². The first-order valence-corrected chi connectivity index (χ1v) is 16.6. The summed E-state index contributed by atoms with van der Waals surface area (Å²) in [5.74, 6) is -0.986. The van der Waals surface area contributed by atoms with Crippen LogP contribution in [0.2, 0.25) is 0 Å². The average Bonchev–Trinajstić information content (AvgIpc) is 2.93. The standard InChI is InChI=1S/C31H53O9P/c1-2-3-4-18-22-25-31(34)40-29(28-39-41(35,36)37)27-38-30(33)24-21-19-16-14-12-10-8-6-5-7-9-11-13-15-17-20-23-26-32/h5,7-8,10-11,13-14,16,29,32H,2-4,6,9,12,15,17-28H2,1H3,(H2,35,36,37)/b7-5-,10-8-,13-11-,16-14-/t29-/m1/s1. The van der Waals surface area contributed by atoms with Crippen LogP contribution < -0.4 is 0 Å². The van der Waals surface area contributed by atoms with Gasteiger partial charge in [0.25, 0.3) is 0 Å². The van der Waals surface area contributed by atoms with Crippen LogP contribution in [-0.4, -0.2) is 52.8 Å². The van der Waals surface area contributed by atoms with E-state index in [0.717, 1.165) is 70.6 Å². The largest absolute Gasteiger partial charge is 0.469 e. The van der Waals surface area contributed by atoms with Crippen LogP contribution in [0.5, 0.6) is 0 Å². The van der Waals surface area contributed by atoms with Crippen molar-refractivity contribution < 1.29 is 43.0 Å². The van der Waals surface area contributed by atoms with Gasteiger partial charge in [-0.25, -0.2) is 4.57 Å². The lowest BCUT2D eigenvalue weighted by Gasteiger charge is -2.18. The van der Waals surface area contributed by atoms with E-state index in [4.69, 9.17) is 24.4 Å². The molecule has 3 N–H and O–H groups in total. The fourth-order valence-electron chi connectivity index (χ4n) is 3.64. The lowest BCUT2D eigenvalue weighted by Crippen LogP contribution is -2.29. The van der Waals surface area contributed by atoms with Gasteiger partial charge < -0.3 is 24.4 Å². The number of phosphoric acid groups is 1. The van der Waals surface area contributed by atoms with Gasteiger partial charge in [0, 0.05) is 19.4 Å². The Morgan fingerprint density at radius 3 is 1.80 bits per heavy atom. The molecule has 0 rings (SSSR count). The van der Waals surface area contributed by atoms with E-state index in [2.05, 4.69) is 47.9 Å². The highest BCUT2D eigenvalue weighted by Crippen LogP contribution is 2.35. The second-order valence-corrected chi connectivity index (χ2v) is 11.0. The Balaban J connectivity index is 4.07. The van der Waals surface area contributed by atoms with Crippen LogP contribution in [0.1, 0.15) is 110 Å².